The van der Waals surface area contributed by atoms with Crippen LogP contribution in [0.2, 0.25) is 0 Å². The normalized spacial score (nSPS) is 22.1. The van der Waals surface area contributed by atoms with Crippen molar-refractivity contribution in [2.45, 2.75) is 62.2 Å². The molecule has 0 saturated carbocycles. The van der Waals surface area contributed by atoms with Crippen LogP contribution in [0.1, 0.15) is 61.3 Å². The van der Waals surface area contributed by atoms with E-state index in [4.69, 9.17) is 4.74 Å². The van der Waals surface area contributed by atoms with Crippen LogP contribution < -0.4 is 10.6 Å². The molecule has 2 N–H and O–H groups in total. The summed E-state index contributed by atoms with van der Waals surface area (Å²) in [6.07, 6.45) is 1.80. The Morgan fingerprint density at radius 1 is 1.26 bits per heavy atom. The first-order valence-corrected chi connectivity index (χ1v) is 14.4. The summed E-state index contributed by atoms with van der Waals surface area (Å²) in [7, 11) is -2.28. The van der Waals surface area contributed by atoms with Gasteiger partial charge in [-0.1, -0.05) is 6.07 Å². The Morgan fingerprint density at radius 2 is 2.00 bits per heavy atom. The van der Waals surface area contributed by atoms with E-state index >= 15 is 0 Å². The molecular formula is C23H31N3O5S3. The molecule has 11 heteroatoms. The predicted octanol–water partition coefficient (Wildman–Crippen LogP) is 3.80. The van der Waals surface area contributed by atoms with E-state index in [2.05, 4.69) is 38.3 Å². The number of nitrogens with one attached hydrogen (secondary N) is 2. The fourth-order valence-electron chi connectivity index (χ4n) is 5.06. The maximum atomic E-state index is 13.3. The van der Waals surface area contributed by atoms with Crippen molar-refractivity contribution in [1.82, 2.24) is 9.62 Å². The van der Waals surface area contributed by atoms with Crippen LogP contribution in [-0.2, 0) is 31.5 Å². The Kier molecular flexibility index (Phi) is 6.71. The van der Waals surface area contributed by atoms with E-state index < -0.39 is 21.9 Å². The molecule has 4 rings (SSSR count). The Balaban J connectivity index is 1.61. The summed E-state index contributed by atoms with van der Waals surface area (Å²) in [6, 6.07) is 3.29. The van der Waals surface area contributed by atoms with Gasteiger partial charge in [-0.3, -0.25) is 4.79 Å². The molecule has 2 aromatic heterocycles. The molecule has 2 aliphatic heterocycles. The van der Waals surface area contributed by atoms with Crippen molar-refractivity contribution < 1.29 is 22.7 Å². The zero-order chi connectivity index (χ0) is 24.9. The molecule has 1 saturated heterocycles. The highest BCUT2D eigenvalue weighted by molar-refractivity contribution is 7.91. The summed E-state index contributed by atoms with van der Waals surface area (Å²) in [5.41, 5.74) is 0.676. The molecule has 34 heavy (non-hydrogen) atoms. The summed E-state index contributed by atoms with van der Waals surface area (Å²) < 4.78 is 32.7. The summed E-state index contributed by atoms with van der Waals surface area (Å²) >= 11 is 2.56. The number of hydrogen-bond donors (Lipinski definition) is 2. The molecule has 2 aromatic rings. The van der Waals surface area contributed by atoms with Gasteiger partial charge in [-0.25, -0.2) is 13.2 Å². The maximum absolute atomic E-state index is 13.3. The number of hydrogen-bond acceptors (Lipinski definition) is 8. The second-order valence-corrected chi connectivity index (χ2v) is 14.2. The standard InChI is InChI=1S/C23H31N3O5S3/c1-22(2)12-15-17(21(28)31-5)20(33-18(15)23(3,4)25-22)24-19(27)14-8-6-10-26(13-14)34(29,30)16-9-7-11-32-16/h7,9,11,14,25H,6,8,10,12-13H2,1-5H3,(H,24,27). The summed E-state index contributed by atoms with van der Waals surface area (Å²) in [6.45, 7) is 8.79. The number of anilines is 1. The van der Waals surface area contributed by atoms with E-state index in [9.17, 15) is 18.0 Å². The van der Waals surface area contributed by atoms with Gasteiger partial charge in [0.2, 0.25) is 5.91 Å². The van der Waals surface area contributed by atoms with Crippen LogP contribution in [0.3, 0.4) is 0 Å². The summed E-state index contributed by atoms with van der Waals surface area (Å²) in [5.74, 6) is -1.26. The first-order valence-electron chi connectivity index (χ1n) is 11.2. The zero-order valence-electron chi connectivity index (χ0n) is 20.1. The van der Waals surface area contributed by atoms with Crippen LogP contribution >= 0.6 is 22.7 Å². The minimum absolute atomic E-state index is 0.116. The molecule has 0 aliphatic carbocycles. The zero-order valence-corrected chi connectivity index (χ0v) is 22.5. The third kappa shape index (κ3) is 4.68. The van der Waals surface area contributed by atoms with Gasteiger partial charge in [-0.2, -0.15) is 4.31 Å². The third-order valence-electron chi connectivity index (χ3n) is 6.31. The van der Waals surface area contributed by atoms with Gasteiger partial charge in [0.15, 0.2) is 0 Å². The Bertz CT molecular complexity index is 1200. The lowest BCUT2D eigenvalue weighted by molar-refractivity contribution is -0.120. The highest BCUT2D eigenvalue weighted by Gasteiger charge is 2.42. The number of methoxy groups -OCH3 is 1. The number of ether oxygens (including phenoxy) is 1. The van der Waals surface area contributed by atoms with Gasteiger partial charge in [0.25, 0.3) is 10.0 Å². The van der Waals surface area contributed by atoms with E-state index in [1.54, 1.807) is 17.5 Å². The number of fused-ring (bicyclic) bond motifs is 1. The Morgan fingerprint density at radius 3 is 2.65 bits per heavy atom. The topological polar surface area (TPSA) is 105 Å². The number of rotatable bonds is 5. The molecule has 1 amide bonds. The number of piperidine rings is 1. The van der Waals surface area contributed by atoms with E-state index in [0.29, 0.717) is 36.4 Å². The number of nitrogens with zero attached hydrogens (tertiary/aromatic N) is 1. The lowest BCUT2D eigenvalue weighted by Gasteiger charge is -2.42. The summed E-state index contributed by atoms with van der Waals surface area (Å²) in [5, 5.41) is 8.76. The van der Waals surface area contributed by atoms with E-state index in [1.165, 1.54) is 34.1 Å². The van der Waals surface area contributed by atoms with Crippen molar-refractivity contribution in [3.63, 3.8) is 0 Å². The lowest BCUT2D eigenvalue weighted by Crippen LogP contribution is -2.55. The van der Waals surface area contributed by atoms with Gasteiger partial charge < -0.3 is 15.4 Å². The quantitative estimate of drug-likeness (QED) is 0.576. The number of amides is 1. The van der Waals surface area contributed by atoms with Crippen molar-refractivity contribution in [2.75, 3.05) is 25.5 Å². The van der Waals surface area contributed by atoms with Gasteiger partial charge in [-0.05, 0) is 64.0 Å². The van der Waals surface area contributed by atoms with E-state index in [1.807, 2.05) is 0 Å². The van der Waals surface area contributed by atoms with E-state index in [-0.39, 0.29) is 27.7 Å². The average molecular weight is 526 g/mol. The molecule has 186 valence electrons. The number of carbonyl (C=O) groups excluding carboxylic acids is 2. The van der Waals surface area contributed by atoms with Crippen LogP contribution in [0.5, 0.6) is 0 Å². The summed E-state index contributed by atoms with van der Waals surface area (Å²) in [4.78, 5) is 27.1. The average Bonchev–Trinajstić information content (AvgIpc) is 3.41. The predicted molar refractivity (Wildman–Crippen MR) is 134 cm³/mol. The number of thiophene rings is 2. The molecule has 0 spiro atoms. The van der Waals surface area contributed by atoms with Crippen molar-refractivity contribution in [2.24, 2.45) is 5.92 Å². The van der Waals surface area contributed by atoms with Gasteiger partial charge in [0.1, 0.15) is 9.21 Å². The van der Waals surface area contributed by atoms with Crippen molar-refractivity contribution in [1.29, 1.82) is 0 Å². The number of esters is 1. The largest absolute Gasteiger partial charge is 0.465 e. The third-order valence-corrected chi connectivity index (χ3v) is 11.0. The smallest absolute Gasteiger partial charge is 0.341 e. The second kappa shape index (κ2) is 9.02. The lowest BCUT2D eigenvalue weighted by atomic mass is 9.81. The van der Waals surface area contributed by atoms with Gasteiger partial charge in [0, 0.05) is 29.0 Å². The molecule has 0 bridgehead atoms. The maximum Gasteiger partial charge on any atom is 0.341 e. The van der Waals surface area contributed by atoms with Gasteiger partial charge >= 0.3 is 5.97 Å². The number of sulfonamides is 1. The monoisotopic (exact) mass is 525 g/mol. The molecule has 0 aromatic carbocycles. The molecule has 2 aliphatic rings. The van der Waals surface area contributed by atoms with Gasteiger partial charge in [0.05, 0.1) is 18.6 Å². The van der Waals surface area contributed by atoms with Crippen molar-refractivity contribution in [3.05, 3.63) is 33.5 Å². The fourth-order valence-corrected chi connectivity index (χ4v) is 9.00. The highest BCUT2D eigenvalue weighted by Crippen LogP contribution is 2.45. The Hall–Kier alpha value is -1.79. The molecule has 0 radical (unpaired) electrons. The molecule has 1 atom stereocenters. The molecule has 1 unspecified atom stereocenters. The van der Waals surface area contributed by atoms with Crippen LogP contribution in [0.4, 0.5) is 5.00 Å². The first kappa shape index (κ1) is 25.3. The van der Waals surface area contributed by atoms with Crippen LogP contribution in [-0.4, -0.2) is 50.3 Å². The fraction of sp³-hybridized carbons (Fsp3) is 0.565. The van der Waals surface area contributed by atoms with Gasteiger partial charge in [-0.15, -0.1) is 22.7 Å². The Labute approximate surface area is 208 Å². The molecule has 4 heterocycles. The van der Waals surface area contributed by atoms with Crippen molar-refractivity contribution >= 4 is 49.6 Å². The molecule has 8 nitrogen and oxygen atoms in total. The van der Waals surface area contributed by atoms with Crippen LogP contribution in [0.15, 0.2) is 21.7 Å². The van der Waals surface area contributed by atoms with E-state index in [0.717, 1.165) is 10.4 Å². The minimum Gasteiger partial charge on any atom is -0.465 e. The number of carbonyl (C=O) groups is 2. The molecule has 1 fully saturated rings. The van der Waals surface area contributed by atoms with Crippen molar-refractivity contribution in [3.8, 4) is 0 Å². The molecular weight excluding hydrogens is 494 g/mol. The minimum atomic E-state index is -3.62. The first-order chi connectivity index (χ1) is 15.9. The van der Waals surface area contributed by atoms with Crippen LogP contribution in [0, 0.1) is 5.92 Å². The SMILES string of the molecule is COC(=O)c1c(NC(=O)C2CCCN(S(=O)(=O)c3cccs3)C2)sc2c1CC(C)(C)NC2(C)C. The van der Waals surface area contributed by atoms with Crippen LogP contribution in [0.25, 0.3) is 0 Å². The highest BCUT2D eigenvalue weighted by atomic mass is 32.2. The second-order valence-electron chi connectivity index (χ2n) is 10.0.